The van der Waals surface area contributed by atoms with Crippen molar-refractivity contribution in [1.82, 2.24) is 14.5 Å². The molecule has 0 bridgehead atoms. The van der Waals surface area contributed by atoms with Crippen LogP contribution in [0.4, 0.5) is 8.78 Å². The van der Waals surface area contributed by atoms with Gasteiger partial charge in [0.15, 0.2) is 0 Å². The summed E-state index contributed by atoms with van der Waals surface area (Å²) >= 11 is 0. The first-order valence-corrected chi connectivity index (χ1v) is 7.47. The van der Waals surface area contributed by atoms with E-state index in [4.69, 9.17) is 0 Å². The summed E-state index contributed by atoms with van der Waals surface area (Å²) in [5.41, 5.74) is -0.237. The first-order valence-electron chi connectivity index (χ1n) is 7.47. The molecular weight excluding hydrogens is 288 g/mol. The third-order valence-corrected chi connectivity index (χ3v) is 4.27. The Morgan fingerprint density at radius 2 is 1.91 bits per heavy atom. The zero-order chi connectivity index (χ0) is 15.5. The van der Waals surface area contributed by atoms with Gasteiger partial charge in [0.05, 0.1) is 18.0 Å². The van der Waals surface area contributed by atoms with E-state index in [0.717, 1.165) is 25.9 Å². The Morgan fingerprint density at radius 1 is 1.23 bits per heavy atom. The Kier molecular flexibility index (Phi) is 4.49. The van der Waals surface area contributed by atoms with Gasteiger partial charge in [-0.15, -0.1) is 0 Å². The number of benzene rings is 1. The minimum atomic E-state index is -1.15. The highest BCUT2D eigenvalue weighted by Gasteiger charge is 2.24. The lowest BCUT2D eigenvalue weighted by atomic mass is 10.0. The average Bonchev–Trinajstić information content (AvgIpc) is 3.02. The molecule has 0 saturated carbocycles. The SMILES string of the molecule is OC(CN1CCC(n2ccnc2)CC1)c1c(F)cccc1F. The first-order chi connectivity index (χ1) is 10.6. The van der Waals surface area contributed by atoms with Crippen LogP contribution in [0.5, 0.6) is 0 Å². The lowest BCUT2D eigenvalue weighted by molar-refractivity contribution is 0.0858. The summed E-state index contributed by atoms with van der Waals surface area (Å²) in [6, 6.07) is 4.05. The van der Waals surface area contributed by atoms with Crippen molar-refractivity contribution >= 4 is 0 Å². The first kappa shape index (κ1) is 15.1. The topological polar surface area (TPSA) is 41.3 Å². The van der Waals surface area contributed by atoms with Gasteiger partial charge < -0.3 is 14.6 Å². The third kappa shape index (κ3) is 3.18. The van der Waals surface area contributed by atoms with E-state index in [9.17, 15) is 13.9 Å². The summed E-state index contributed by atoms with van der Waals surface area (Å²) < 4.78 is 29.4. The summed E-state index contributed by atoms with van der Waals surface area (Å²) in [4.78, 5) is 6.10. The van der Waals surface area contributed by atoms with Gasteiger partial charge in [0.25, 0.3) is 0 Å². The Hall–Kier alpha value is -1.79. The molecule has 0 aliphatic carbocycles. The molecule has 3 rings (SSSR count). The van der Waals surface area contributed by atoms with Gasteiger partial charge in [-0.1, -0.05) is 6.07 Å². The molecule has 1 aromatic heterocycles. The molecule has 6 heteroatoms. The number of hydrogen-bond donors (Lipinski definition) is 1. The van der Waals surface area contributed by atoms with Crippen molar-refractivity contribution in [2.75, 3.05) is 19.6 Å². The standard InChI is InChI=1S/C16H19F2N3O/c17-13-2-1-3-14(18)16(13)15(22)10-20-7-4-12(5-8-20)21-9-6-19-11-21/h1-3,6,9,11-12,15,22H,4-5,7-8,10H2. The highest BCUT2D eigenvalue weighted by molar-refractivity contribution is 5.22. The van der Waals surface area contributed by atoms with Crippen LogP contribution in [-0.4, -0.2) is 39.2 Å². The van der Waals surface area contributed by atoms with E-state index in [-0.39, 0.29) is 12.1 Å². The lowest BCUT2D eigenvalue weighted by Crippen LogP contribution is -2.37. The second kappa shape index (κ2) is 6.54. The van der Waals surface area contributed by atoms with Crippen molar-refractivity contribution in [3.05, 3.63) is 54.1 Å². The minimum absolute atomic E-state index is 0.237. The minimum Gasteiger partial charge on any atom is -0.387 e. The smallest absolute Gasteiger partial charge is 0.131 e. The van der Waals surface area contributed by atoms with Crippen molar-refractivity contribution in [3.63, 3.8) is 0 Å². The van der Waals surface area contributed by atoms with Crippen LogP contribution in [0.15, 0.2) is 36.9 Å². The largest absolute Gasteiger partial charge is 0.387 e. The predicted molar refractivity (Wildman–Crippen MR) is 78.3 cm³/mol. The second-order valence-electron chi connectivity index (χ2n) is 5.69. The molecule has 2 aromatic rings. The molecule has 118 valence electrons. The summed E-state index contributed by atoms with van der Waals surface area (Å²) in [5.74, 6) is -1.39. The van der Waals surface area contributed by atoms with Crippen LogP contribution in [0.3, 0.4) is 0 Å². The van der Waals surface area contributed by atoms with Gasteiger partial charge in [-0.25, -0.2) is 13.8 Å². The molecule has 2 heterocycles. The van der Waals surface area contributed by atoms with Gasteiger partial charge in [-0.3, -0.25) is 0 Å². The average molecular weight is 307 g/mol. The van der Waals surface area contributed by atoms with Crippen molar-refractivity contribution in [3.8, 4) is 0 Å². The monoisotopic (exact) mass is 307 g/mol. The number of aliphatic hydroxyl groups is 1. The van der Waals surface area contributed by atoms with Crippen molar-refractivity contribution in [2.24, 2.45) is 0 Å². The Labute approximate surface area is 128 Å². The zero-order valence-electron chi connectivity index (χ0n) is 12.2. The quantitative estimate of drug-likeness (QED) is 0.944. The zero-order valence-corrected chi connectivity index (χ0v) is 12.2. The van der Waals surface area contributed by atoms with Crippen molar-refractivity contribution in [1.29, 1.82) is 0 Å². The number of aliphatic hydroxyl groups excluding tert-OH is 1. The maximum absolute atomic E-state index is 13.7. The second-order valence-corrected chi connectivity index (χ2v) is 5.69. The van der Waals surface area contributed by atoms with Crippen LogP contribution in [-0.2, 0) is 0 Å². The summed E-state index contributed by atoms with van der Waals surface area (Å²) in [6.45, 7) is 1.82. The van der Waals surface area contributed by atoms with Gasteiger partial charge in [-0.05, 0) is 25.0 Å². The number of imidazole rings is 1. The Morgan fingerprint density at radius 3 is 2.50 bits per heavy atom. The van der Waals surface area contributed by atoms with E-state index >= 15 is 0 Å². The van der Waals surface area contributed by atoms with Crippen molar-refractivity contribution in [2.45, 2.75) is 25.0 Å². The molecule has 1 aliphatic rings. The molecular formula is C16H19F2N3O. The molecule has 4 nitrogen and oxygen atoms in total. The molecule has 1 saturated heterocycles. The summed E-state index contributed by atoms with van der Waals surface area (Å²) in [7, 11) is 0. The molecule has 1 aromatic carbocycles. The van der Waals surface area contributed by atoms with Gasteiger partial charge in [-0.2, -0.15) is 0 Å². The molecule has 1 N–H and O–H groups in total. The number of piperidine rings is 1. The van der Waals surface area contributed by atoms with Crippen LogP contribution in [0.1, 0.15) is 30.6 Å². The fraction of sp³-hybridized carbons (Fsp3) is 0.438. The van der Waals surface area contributed by atoms with E-state index in [2.05, 4.69) is 9.55 Å². The van der Waals surface area contributed by atoms with E-state index < -0.39 is 17.7 Å². The van der Waals surface area contributed by atoms with E-state index in [0.29, 0.717) is 6.04 Å². The molecule has 1 aliphatic heterocycles. The Balaban J connectivity index is 1.58. The molecule has 22 heavy (non-hydrogen) atoms. The number of halogens is 2. The molecule has 1 atom stereocenters. The number of nitrogens with zero attached hydrogens (tertiary/aromatic N) is 3. The number of β-amino-alcohol motifs (C(OH)–C–C–N with tert-alkyl or cyclic N) is 1. The third-order valence-electron chi connectivity index (χ3n) is 4.27. The molecule has 0 radical (unpaired) electrons. The van der Waals surface area contributed by atoms with Gasteiger partial charge in [0, 0.05) is 38.1 Å². The van der Waals surface area contributed by atoms with Crippen molar-refractivity contribution < 1.29 is 13.9 Å². The van der Waals surface area contributed by atoms with Gasteiger partial charge in [0.1, 0.15) is 11.6 Å². The predicted octanol–water partition coefficient (Wildman–Crippen LogP) is 2.53. The number of likely N-dealkylation sites (tertiary alicyclic amines) is 1. The molecule has 1 unspecified atom stereocenters. The van der Waals surface area contributed by atoms with Gasteiger partial charge in [0.2, 0.25) is 0 Å². The summed E-state index contributed by atoms with van der Waals surface area (Å²) in [5, 5.41) is 10.1. The number of aromatic nitrogens is 2. The fourth-order valence-corrected chi connectivity index (χ4v) is 3.05. The van der Waals surface area contributed by atoms with Crippen LogP contribution in [0, 0.1) is 11.6 Å². The van der Waals surface area contributed by atoms with E-state index in [1.165, 1.54) is 18.2 Å². The number of rotatable bonds is 4. The lowest BCUT2D eigenvalue weighted by Gasteiger charge is -2.33. The molecule has 1 fully saturated rings. The van der Waals surface area contributed by atoms with Crippen LogP contribution in [0.25, 0.3) is 0 Å². The van der Waals surface area contributed by atoms with Crippen LogP contribution >= 0.6 is 0 Å². The van der Waals surface area contributed by atoms with Crippen LogP contribution in [0.2, 0.25) is 0 Å². The van der Waals surface area contributed by atoms with Crippen LogP contribution < -0.4 is 0 Å². The maximum Gasteiger partial charge on any atom is 0.131 e. The van der Waals surface area contributed by atoms with E-state index in [1.807, 2.05) is 17.4 Å². The highest BCUT2D eigenvalue weighted by Crippen LogP contribution is 2.26. The van der Waals surface area contributed by atoms with Gasteiger partial charge >= 0.3 is 0 Å². The summed E-state index contributed by atoms with van der Waals surface area (Å²) in [6.07, 6.45) is 6.24. The van der Waals surface area contributed by atoms with E-state index in [1.54, 1.807) is 6.20 Å². The Bertz CT molecular complexity index is 590. The number of hydrogen-bond acceptors (Lipinski definition) is 3. The molecule has 0 amide bonds. The maximum atomic E-state index is 13.7. The highest BCUT2D eigenvalue weighted by atomic mass is 19.1. The molecule has 0 spiro atoms. The fourth-order valence-electron chi connectivity index (χ4n) is 3.05. The normalized spacial score (nSPS) is 18.5.